The lowest BCUT2D eigenvalue weighted by molar-refractivity contribution is -0.155. The maximum atomic E-state index is 12.3. The van der Waals surface area contributed by atoms with Gasteiger partial charge in [-0.1, -0.05) is 25.1 Å². The highest BCUT2D eigenvalue weighted by Crippen LogP contribution is 2.24. The van der Waals surface area contributed by atoms with E-state index in [9.17, 15) is 14.4 Å². The van der Waals surface area contributed by atoms with E-state index in [2.05, 4.69) is 17.7 Å². The first-order chi connectivity index (χ1) is 15.2. The molecule has 2 aromatic carbocycles. The summed E-state index contributed by atoms with van der Waals surface area (Å²) >= 11 is 0. The fourth-order valence-corrected chi connectivity index (χ4v) is 3.09. The highest BCUT2D eigenvalue weighted by atomic mass is 16.5. The van der Waals surface area contributed by atoms with E-state index < -0.39 is 17.2 Å². The fourth-order valence-electron chi connectivity index (χ4n) is 3.09. The molecule has 0 bridgehead atoms. The molecule has 0 fully saturated rings. The maximum absolute atomic E-state index is 12.3. The van der Waals surface area contributed by atoms with Crippen LogP contribution in [0.4, 0.5) is 0 Å². The molecular weight excluding hydrogens is 408 g/mol. The smallest absolute Gasteiger partial charge is 0.379 e. The van der Waals surface area contributed by atoms with Gasteiger partial charge in [0.2, 0.25) is 0 Å². The Morgan fingerprint density at radius 3 is 2.31 bits per heavy atom. The average Bonchev–Trinajstić information content (AvgIpc) is 2.80. The van der Waals surface area contributed by atoms with Gasteiger partial charge in [0.1, 0.15) is 12.4 Å². The number of ether oxygens (including phenoxy) is 3. The van der Waals surface area contributed by atoms with E-state index in [-0.39, 0.29) is 18.1 Å². The third kappa shape index (κ3) is 6.67. The van der Waals surface area contributed by atoms with Crippen LogP contribution in [-0.2, 0) is 32.1 Å². The zero-order chi connectivity index (χ0) is 23.7. The Morgan fingerprint density at radius 2 is 1.69 bits per heavy atom. The van der Waals surface area contributed by atoms with E-state index in [1.807, 2.05) is 32.9 Å². The molecule has 0 atom stereocenters. The molecule has 6 heteroatoms. The molecular formula is C26H32O6. The van der Waals surface area contributed by atoms with Gasteiger partial charge < -0.3 is 14.2 Å². The molecule has 0 N–H and O–H groups in total. The van der Waals surface area contributed by atoms with Crippen LogP contribution < -0.4 is 4.74 Å². The predicted molar refractivity (Wildman–Crippen MR) is 122 cm³/mol. The van der Waals surface area contributed by atoms with Crippen LogP contribution in [0.1, 0.15) is 60.7 Å². The lowest BCUT2D eigenvalue weighted by atomic mass is 9.90. The Kier molecular flexibility index (Phi) is 9.00. The zero-order valence-corrected chi connectivity index (χ0v) is 19.5. The number of ketones is 1. The summed E-state index contributed by atoms with van der Waals surface area (Å²) in [5.41, 5.74) is 3.09. The molecule has 172 valence electrons. The topological polar surface area (TPSA) is 78.9 Å². The molecule has 2 aromatic rings. The van der Waals surface area contributed by atoms with Crippen molar-refractivity contribution < 1.29 is 28.6 Å². The fraction of sp³-hybridized carbons (Fsp3) is 0.423. The quantitative estimate of drug-likeness (QED) is 0.215. The van der Waals surface area contributed by atoms with Crippen LogP contribution in [0, 0.1) is 12.3 Å². The van der Waals surface area contributed by atoms with Crippen LogP contribution >= 0.6 is 0 Å². The molecule has 0 aliphatic heterocycles. The van der Waals surface area contributed by atoms with E-state index in [1.54, 1.807) is 24.3 Å². The summed E-state index contributed by atoms with van der Waals surface area (Å²) in [4.78, 5) is 35.4. The molecule has 0 unspecified atom stereocenters. The third-order valence-corrected chi connectivity index (χ3v) is 5.63. The van der Waals surface area contributed by atoms with Gasteiger partial charge in [0.15, 0.2) is 0 Å². The van der Waals surface area contributed by atoms with Gasteiger partial charge >= 0.3 is 11.9 Å². The van der Waals surface area contributed by atoms with Gasteiger partial charge in [-0.15, -0.1) is 0 Å². The molecule has 0 heterocycles. The molecule has 0 aliphatic carbocycles. The minimum atomic E-state index is -0.892. The average molecular weight is 441 g/mol. The van der Waals surface area contributed by atoms with E-state index >= 15 is 0 Å². The van der Waals surface area contributed by atoms with Crippen LogP contribution in [0.25, 0.3) is 0 Å². The first-order valence-electron chi connectivity index (χ1n) is 10.8. The summed E-state index contributed by atoms with van der Waals surface area (Å²) in [7, 11) is 1.17. The van der Waals surface area contributed by atoms with E-state index in [4.69, 9.17) is 9.47 Å². The molecule has 6 nitrogen and oxygen atoms in total. The SMILES string of the molecule is CCC(C)(C)C(=O)OCc1cccc(C)c1CCCOc1ccc(C(=O)C(=O)OC)cc1. The molecule has 0 aliphatic rings. The highest BCUT2D eigenvalue weighted by molar-refractivity contribution is 6.40. The normalized spacial score (nSPS) is 11.0. The van der Waals surface area contributed by atoms with E-state index in [1.165, 1.54) is 7.11 Å². The summed E-state index contributed by atoms with van der Waals surface area (Å²) in [6, 6.07) is 12.4. The van der Waals surface area contributed by atoms with Crippen molar-refractivity contribution in [2.75, 3.05) is 13.7 Å². The number of rotatable bonds is 11. The number of hydrogen-bond donors (Lipinski definition) is 0. The summed E-state index contributed by atoms with van der Waals surface area (Å²) < 4.78 is 15.8. The molecule has 0 aromatic heterocycles. The first kappa shape index (κ1) is 25.1. The van der Waals surface area contributed by atoms with Crippen LogP contribution in [-0.4, -0.2) is 31.4 Å². The second-order valence-electron chi connectivity index (χ2n) is 8.32. The molecule has 0 radical (unpaired) electrons. The lowest BCUT2D eigenvalue weighted by Gasteiger charge is -2.21. The van der Waals surface area contributed by atoms with Crippen molar-refractivity contribution >= 4 is 17.7 Å². The Labute approximate surface area is 189 Å². The van der Waals surface area contributed by atoms with E-state index in [0.717, 1.165) is 36.0 Å². The number of benzene rings is 2. The number of Topliss-reactive ketones (excluding diaryl/α,β-unsaturated/α-hetero) is 1. The summed E-state index contributed by atoms with van der Waals surface area (Å²) in [5.74, 6) is -1.15. The minimum Gasteiger partial charge on any atom is -0.494 e. The van der Waals surface area contributed by atoms with Crippen molar-refractivity contribution in [3.63, 3.8) is 0 Å². The summed E-state index contributed by atoms with van der Waals surface area (Å²) in [5, 5.41) is 0. The van der Waals surface area contributed by atoms with Crippen molar-refractivity contribution in [2.45, 2.75) is 53.6 Å². The second kappa shape index (κ2) is 11.5. The van der Waals surface area contributed by atoms with Crippen LogP contribution in [0.2, 0.25) is 0 Å². The van der Waals surface area contributed by atoms with Gasteiger partial charge in [0.25, 0.3) is 5.78 Å². The molecule has 0 saturated carbocycles. The third-order valence-electron chi connectivity index (χ3n) is 5.63. The van der Waals surface area contributed by atoms with Gasteiger partial charge in [0, 0.05) is 5.56 Å². The van der Waals surface area contributed by atoms with Crippen molar-refractivity contribution in [2.24, 2.45) is 5.41 Å². The van der Waals surface area contributed by atoms with Crippen molar-refractivity contribution in [1.29, 1.82) is 0 Å². The van der Waals surface area contributed by atoms with Gasteiger partial charge in [0.05, 0.1) is 19.1 Å². The van der Waals surface area contributed by atoms with Crippen molar-refractivity contribution in [3.05, 3.63) is 64.7 Å². The van der Waals surface area contributed by atoms with Crippen molar-refractivity contribution in [3.8, 4) is 5.75 Å². The highest BCUT2D eigenvalue weighted by Gasteiger charge is 2.27. The Balaban J connectivity index is 1.91. The summed E-state index contributed by atoms with van der Waals surface area (Å²) in [6.45, 7) is 8.55. The maximum Gasteiger partial charge on any atom is 0.379 e. The molecule has 0 amide bonds. The molecule has 0 spiro atoms. The predicted octanol–water partition coefficient (Wildman–Crippen LogP) is 4.84. The number of esters is 2. The first-order valence-corrected chi connectivity index (χ1v) is 10.8. The van der Waals surface area contributed by atoms with E-state index in [0.29, 0.717) is 12.4 Å². The number of methoxy groups -OCH3 is 1. The number of aryl methyl sites for hydroxylation is 1. The monoisotopic (exact) mass is 440 g/mol. The molecule has 32 heavy (non-hydrogen) atoms. The summed E-state index contributed by atoms with van der Waals surface area (Å²) in [6.07, 6.45) is 2.28. The van der Waals surface area contributed by atoms with Crippen molar-refractivity contribution in [1.82, 2.24) is 0 Å². The Bertz CT molecular complexity index is 943. The number of carbonyl (C=O) groups excluding carboxylic acids is 3. The standard InChI is InChI=1S/C26H32O6/c1-6-26(3,4)25(29)32-17-20-10-7-9-18(2)22(20)11-8-16-31-21-14-12-19(13-15-21)23(27)24(28)30-5/h7,9-10,12-15H,6,8,11,16-17H2,1-5H3. The minimum absolute atomic E-state index is 0.190. The van der Waals surface area contributed by atoms with Gasteiger partial charge in [-0.3, -0.25) is 9.59 Å². The largest absolute Gasteiger partial charge is 0.494 e. The molecule has 2 rings (SSSR count). The Hall–Kier alpha value is -3.15. The molecule has 0 saturated heterocycles. The van der Waals surface area contributed by atoms with Crippen LogP contribution in [0.3, 0.4) is 0 Å². The lowest BCUT2D eigenvalue weighted by Crippen LogP contribution is -2.25. The van der Waals surface area contributed by atoms with Gasteiger partial charge in [-0.25, -0.2) is 4.79 Å². The van der Waals surface area contributed by atoms with Crippen LogP contribution in [0.5, 0.6) is 5.75 Å². The number of carbonyl (C=O) groups is 3. The Morgan fingerprint density at radius 1 is 1.00 bits per heavy atom. The van der Waals surface area contributed by atoms with Crippen LogP contribution in [0.15, 0.2) is 42.5 Å². The number of hydrogen-bond acceptors (Lipinski definition) is 6. The zero-order valence-electron chi connectivity index (χ0n) is 19.5. The second-order valence-corrected chi connectivity index (χ2v) is 8.32. The van der Waals surface area contributed by atoms with Gasteiger partial charge in [-0.05, 0) is 81.0 Å². The van der Waals surface area contributed by atoms with Gasteiger partial charge in [-0.2, -0.15) is 0 Å².